The summed E-state index contributed by atoms with van der Waals surface area (Å²) >= 11 is 0. The van der Waals surface area contributed by atoms with Gasteiger partial charge in [-0.05, 0) is 32.2 Å². The highest BCUT2D eigenvalue weighted by atomic mass is 16.3. The fourth-order valence-electron chi connectivity index (χ4n) is 3.40. The lowest BCUT2D eigenvalue weighted by atomic mass is 9.99. The summed E-state index contributed by atoms with van der Waals surface area (Å²) in [6.45, 7) is 4.78. The molecule has 0 unspecified atom stereocenters. The summed E-state index contributed by atoms with van der Waals surface area (Å²) in [6.07, 6.45) is 5.03. The lowest BCUT2D eigenvalue weighted by Crippen LogP contribution is -2.42. The molecule has 2 fully saturated rings. The van der Waals surface area contributed by atoms with Gasteiger partial charge in [0, 0.05) is 45.6 Å². The van der Waals surface area contributed by atoms with Crippen molar-refractivity contribution in [1.82, 2.24) is 15.1 Å². The van der Waals surface area contributed by atoms with E-state index in [1.807, 2.05) is 0 Å². The minimum absolute atomic E-state index is 0.0246. The molecule has 23 heavy (non-hydrogen) atoms. The predicted octanol–water partition coefficient (Wildman–Crippen LogP) is 0.546. The molecule has 0 aromatic carbocycles. The topological polar surface area (TPSA) is 90.0 Å². The van der Waals surface area contributed by atoms with Crippen molar-refractivity contribution in [2.75, 3.05) is 33.2 Å². The van der Waals surface area contributed by atoms with Crippen LogP contribution in [0.5, 0.6) is 0 Å². The first kappa shape index (κ1) is 19.4. The summed E-state index contributed by atoms with van der Waals surface area (Å²) in [5.74, 6) is 0.859. The highest BCUT2D eigenvalue weighted by Crippen LogP contribution is 2.26. The van der Waals surface area contributed by atoms with Gasteiger partial charge in [0.2, 0.25) is 11.8 Å². The number of likely N-dealkylation sites (tertiary alicyclic amines) is 1. The van der Waals surface area contributed by atoms with Crippen molar-refractivity contribution in [1.29, 1.82) is 0 Å². The second-order valence-corrected chi connectivity index (χ2v) is 6.38. The van der Waals surface area contributed by atoms with Gasteiger partial charge in [-0.1, -0.05) is 6.42 Å². The fraction of sp³-hybridized carbons (Fsp3) is 0.812. The molecule has 0 radical (unpaired) electrons. The highest BCUT2D eigenvalue weighted by Gasteiger charge is 2.32. The number of likely N-dealkylation sites (N-methyl/N-ethyl adjacent to an activating group) is 1. The van der Waals surface area contributed by atoms with Crippen molar-refractivity contribution in [3.05, 3.63) is 0 Å². The number of nitrogens with zero attached hydrogens (tertiary/aromatic N) is 2. The van der Waals surface area contributed by atoms with Gasteiger partial charge in [-0.2, -0.15) is 0 Å². The standard InChI is InChI=1S/C15H27N3O2.CH2O2/c1-12(19)16-8-4-7-15(20)18-10-13-5-3-6-14(11-18)17(2)9-13;2-1-3/h13-14H,3-11H2,1-2H3,(H,16,19);1H,(H,2,3)/t13-,14-;/m0./s1. The monoisotopic (exact) mass is 327 g/mol. The average Bonchev–Trinajstić information content (AvgIpc) is 2.72. The summed E-state index contributed by atoms with van der Waals surface area (Å²) in [5.41, 5.74) is 0. The molecule has 0 aromatic heterocycles. The Morgan fingerprint density at radius 2 is 1.96 bits per heavy atom. The quantitative estimate of drug-likeness (QED) is 0.581. The third-order valence-corrected chi connectivity index (χ3v) is 4.52. The van der Waals surface area contributed by atoms with E-state index in [0.717, 1.165) is 26.1 Å². The van der Waals surface area contributed by atoms with E-state index < -0.39 is 0 Å². The molecule has 0 saturated carbocycles. The van der Waals surface area contributed by atoms with E-state index in [9.17, 15) is 9.59 Å². The first-order chi connectivity index (χ1) is 11.0. The molecule has 7 heteroatoms. The van der Waals surface area contributed by atoms with Crippen molar-refractivity contribution in [3.63, 3.8) is 0 Å². The molecule has 7 nitrogen and oxygen atoms in total. The first-order valence-corrected chi connectivity index (χ1v) is 8.28. The van der Waals surface area contributed by atoms with E-state index in [0.29, 0.717) is 24.9 Å². The number of carboxylic acid groups (broad SMARTS) is 1. The van der Waals surface area contributed by atoms with Gasteiger partial charge >= 0.3 is 0 Å². The number of rotatable bonds is 4. The van der Waals surface area contributed by atoms with Crippen LogP contribution in [0.3, 0.4) is 0 Å². The van der Waals surface area contributed by atoms with E-state index >= 15 is 0 Å². The first-order valence-electron chi connectivity index (χ1n) is 8.28. The molecule has 2 aliphatic rings. The predicted molar refractivity (Wildman–Crippen MR) is 86.9 cm³/mol. The van der Waals surface area contributed by atoms with E-state index in [-0.39, 0.29) is 18.3 Å². The van der Waals surface area contributed by atoms with Gasteiger partial charge in [0.15, 0.2) is 0 Å². The lowest BCUT2D eigenvalue weighted by molar-refractivity contribution is -0.132. The molecular weight excluding hydrogens is 298 g/mol. The van der Waals surface area contributed by atoms with Crippen molar-refractivity contribution in [2.45, 2.75) is 45.1 Å². The Morgan fingerprint density at radius 3 is 2.61 bits per heavy atom. The van der Waals surface area contributed by atoms with Crippen LogP contribution < -0.4 is 5.32 Å². The third kappa shape index (κ3) is 6.99. The Bertz CT molecular complexity index is 403. The summed E-state index contributed by atoms with van der Waals surface area (Å²) in [5, 5.41) is 9.63. The van der Waals surface area contributed by atoms with Crippen LogP contribution in [-0.2, 0) is 14.4 Å². The minimum atomic E-state index is -0.250. The van der Waals surface area contributed by atoms with Crippen LogP contribution >= 0.6 is 0 Å². The molecule has 2 heterocycles. The SMILES string of the molecule is CC(=O)NCCCC(=O)N1C[C@H]2CCC[C@@H](C1)N(C)C2.O=CO. The number of hydrogen-bond donors (Lipinski definition) is 2. The number of carbonyl (C=O) groups is 3. The smallest absolute Gasteiger partial charge is 0.290 e. The van der Waals surface area contributed by atoms with E-state index in [1.165, 1.54) is 26.2 Å². The van der Waals surface area contributed by atoms with Crippen LogP contribution in [0.2, 0.25) is 0 Å². The van der Waals surface area contributed by atoms with Gasteiger partial charge in [-0.25, -0.2) is 0 Å². The average molecular weight is 327 g/mol. The molecule has 0 aromatic rings. The molecule has 2 rings (SSSR count). The maximum atomic E-state index is 12.3. The number of hydrogen-bond acceptors (Lipinski definition) is 4. The number of nitrogens with one attached hydrogen (secondary N) is 1. The molecule has 0 aliphatic carbocycles. The van der Waals surface area contributed by atoms with Gasteiger partial charge < -0.3 is 20.2 Å². The van der Waals surface area contributed by atoms with Crippen LogP contribution in [0.4, 0.5) is 0 Å². The molecule has 2 atom stereocenters. The summed E-state index contributed by atoms with van der Waals surface area (Å²) in [6, 6.07) is 0.529. The number of fused-ring (bicyclic) bond motifs is 3. The Morgan fingerprint density at radius 1 is 1.26 bits per heavy atom. The van der Waals surface area contributed by atoms with E-state index in [2.05, 4.69) is 22.2 Å². The lowest BCUT2D eigenvalue weighted by Gasteiger charge is -2.30. The molecule has 2 N–H and O–H groups in total. The fourth-order valence-corrected chi connectivity index (χ4v) is 3.40. The van der Waals surface area contributed by atoms with Gasteiger partial charge in [0.05, 0.1) is 0 Å². The van der Waals surface area contributed by atoms with Gasteiger partial charge in [-0.3, -0.25) is 14.4 Å². The second kappa shape index (κ2) is 10.2. The summed E-state index contributed by atoms with van der Waals surface area (Å²) in [4.78, 5) is 36.0. The second-order valence-electron chi connectivity index (χ2n) is 6.38. The Labute approximate surface area is 138 Å². The largest absolute Gasteiger partial charge is 0.483 e. The number of amides is 2. The van der Waals surface area contributed by atoms with Crippen molar-refractivity contribution in [3.8, 4) is 0 Å². The summed E-state index contributed by atoms with van der Waals surface area (Å²) < 4.78 is 0. The van der Waals surface area contributed by atoms with Crippen LogP contribution in [0, 0.1) is 5.92 Å². The maximum absolute atomic E-state index is 12.3. The zero-order valence-electron chi connectivity index (χ0n) is 14.2. The zero-order valence-corrected chi connectivity index (χ0v) is 14.2. The minimum Gasteiger partial charge on any atom is -0.483 e. The molecular formula is C16H29N3O4. The van der Waals surface area contributed by atoms with Crippen molar-refractivity contribution < 1.29 is 19.5 Å². The van der Waals surface area contributed by atoms with Crippen molar-refractivity contribution in [2.24, 2.45) is 5.92 Å². The molecule has 2 saturated heterocycles. The normalized spacial score (nSPS) is 24.0. The van der Waals surface area contributed by atoms with Crippen LogP contribution in [0.1, 0.15) is 39.0 Å². The van der Waals surface area contributed by atoms with Crippen LogP contribution in [0.25, 0.3) is 0 Å². The van der Waals surface area contributed by atoms with Gasteiger partial charge in [0.25, 0.3) is 6.47 Å². The van der Waals surface area contributed by atoms with Crippen LogP contribution in [0.15, 0.2) is 0 Å². The maximum Gasteiger partial charge on any atom is 0.290 e. The molecule has 2 bridgehead atoms. The molecule has 132 valence electrons. The number of carbonyl (C=O) groups excluding carboxylic acids is 2. The molecule has 0 spiro atoms. The Balaban J connectivity index is 0.000000816. The van der Waals surface area contributed by atoms with E-state index in [4.69, 9.17) is 9.90 Å². The van der Waals surface area contributed by atoms with Gasteiger partial charge in [-0.15, -0.1) is 0 Å². The third-order valence-electron chi connectivity index (χ3n) is 4.52. The Kier molecular flexibility index (Phi) is 8.61. The molecule has 2 amide bonds. The summed E-state index contributed by atoms with van der Waals surface area (Å²) in [7, 11) is 2.19. The van der Waals surface area contributed by atoms with E-state index in [1.54, 1.807) is 0 Å². The Hall–Kier alpha value is -1.63. The van der Waals surface area contributed by atoms with Crippen molar-refractivity contribution >= 4 is 18.3 Å². The molecule has 2 aliphatic heterocycles. The van der Waals surface area contributed by atoms with Gasteiger partial charge in [0.1, 0.15) is 0 Å². The van der Waals surface area contributed by atoms with Crippen LogP contribution in [-0.4, -0.2) is 72.5 Å². The highest BCUT2D eigenvalue weighted by molar-refractivity contribution is 5.76. The zero-order chi connectivity index (χ0) is 17.2.